The van der Waals surface area contributed by atoms with E-state index in [9.17, 15) is 8.78 Å². The number of nitrogens with one attached hydrogen (secondary N) is 1. The molecule has 0 saturated carbocycles. The van der Waals surface area contributed by atoms with Gasteiger partial charge in [0.25, 0.3) is 0 Å². The summed E-state index contributed by atoms with van der Waals surface area (Å²) >= 11 is 3.02. The zero-order chi connectivity index (χ0) is 14.0. The fourth-order valence-corrected chi connectivity index (χ4v) is 2.04. The molecule has 1 unspecified atom stereocenters. The number of nitrogens with zero attached hydrogens (tertiary/aromatic N) is 4. The fraction of sp³-hybridized carbons (Fsp3) is 0.364. The van der Waals surface area contributed by atoms with E-state index >= 15 is 0 Å². The van der Waals surface area contributed by atoms with Crippen LogP contribution in [0.15, 0.2) is 16.6 Å². The third-order valence-corrected chi connectivity index (χ3v) is 3.22. The largest absolute Gasteiger partial charge is 0.308 e. The van der Waals surface area contributed by atoms with Crippen LogP contribution in [-0.4, -0.2) is 26.8 Å². The highest BCUT2D eigenvalue weighted by Crippen LogP contribution is 2.24. The van der Waals surface area contributed by atoms with Gasteiger partial charge >= 0.3 is 0 Å². The Hall–Kier alpha value is -1.41. The van der Waals surface area contributed by atoms with Crippen LogP contribution >= 0.6 is 15.9 Å². The molecule has 1 aromatic heterocycles. The lowest BCUT2D eigenvalue weighted by atomic mass is 10.2. The highest BCUT2D eigenvalue weighted by atomic mass is 79.9. The number of benzene rings is 1. The molecular formula is C11H12BrF2N5. The van der Waals surface area contributed by atoms with Gasteiger partial charge < -0.3 is 5.32 Å². The minimum Gasteiger partial charge on any atom is -0.308 e. The molecule has 0 radical (unpaired) electrons. The van der Waals surface area contributed by atoms with Crippen LogP contribution in [0.5, 0.6) is 0 Å². The second kappa shape index (κ2) is 5.70. The number of hydrogen-bond donors (Lipinski definition) is 1. The molecule has 2 rings (SSSR count). The molecule has 0 bridgehead atoms. The van der Waals surface area contributed by atoms with Crippen molar-refractivity contribution >= 4 is 15.9 Å². The molecule has 0 aliphatic rings. The quantitative estimate of drug-likeness (QED) is 0.874. The van der Waals surface area contributed by atoms with Gasteiger partial charge in [-0.15, -0.1) is 5.10 Å². The van der Waals surface area contributed by atoms with Crippen molar-refractivity contribution in [2.24, 2.45) is 0 Å². The van der Waals surface area contributed by atoms with Gasteiger partial charge in [0.15, 0.2) is 11.6 Å². The van der Waals surface area contributed by atoms with Gasteiger partial charge in [-0.25, -0.2) is 8.78 Å². The lowest BCUT2D eigenvalue weighted by Gasteiger charge is -2.12. The van der Waals surface area contributed by atoms with Gasteiger partial charge in [-0.2, -0.15) is 4.68 Å². The van der Waals surface area contributed by atoms with Crippen molar-refractivity contribution in [1.29, 1.82) is 0 Å². The highest BCUT2D eigenvalue weighted by Gasteiger charge is 2.18. The van der Waals surface area contributed by atoms with E-state index < -0.39 is 11.6 Å². The van der Waals surface area contributed by atoms with Crippen LogP contribution in [0.25, 0.3) is 5.69 Å². The number of rotatable bonds is 4. The van der Waals surface area contributed by atoms with E-state index in [4.69, 9.17) is 0 Å². The molecule has 1 N–H and O–H groups in total. The Labute approximate surface area is 117 Å². The Balaban J connectivity index is 2.48. The maximum atomic E-state index is 13.8. The molecule has 1 aromatic carbocycles. The Morgan fingerprint density at radius 1 is 1.37 bits per heavy atom. The Kier molecular flexibility index (Phi) is 4.20. The number of aromatic nitrogens is 4. The summed E-state index contributed by atoms with van der Waals surface area (Å²) in [5, 5.41) is 14.3. The van der Waals surface area contributed by atoms with Gasteiger partial charge in [-0.3, -0.25) is 0 Å². The average molecular weight is 332 g/mol. The van der Waals surface area contributed by atoms with Crippen molar-refractivity contribution in [3.63, 3.8) is 0 Å². The maximum absolute atomic E-state index is 13.8. The molecule has 1 heterocycles. The van der Waals surface area contributed by atoms with Crippen molar-refractivity contribution in [1.82, 2.24) is 25.5 Å². The molecule has 0 amide bonds. The fourth-order valence-electron chi connectivity index (χ4n) is 1.71. The van der Waals surface area contributed by atoms with Crippen molar-refractivity contribution < 1.29 is 8.78 Å². The van der Waals surface area contributed by atoms with E-state index in [-0.39, 0.29) is 16.2 Å². The summed E-state index contributed by atoms with van der Waals surface area (Å²) in [5.41, 5.74) is 0.0954. The molecule has 0 fully saturated rings. The minimum atomic E-state index is -0.724. The lowest BCUT2D eigenvalue weighted by Crippen LogP contribution is -2.22. The first kappa shape index (κ1) is 14.0. The predicted molar refractivity (Wildman–Crippen MR) is 68.9 cm³/mol. The molecule has 0 aliphatic carbocycles. The third-order valence-electron chi connectivity index (χ3n) is 2.61. The summed E-state index contributed by atoms with van der Waals surface area (Å²) in [6.45, 7) is 4.53. The average Bonchev–Trinajstić information content (AvgIpc) is 2.83. The van der Waals surface area contributed by atoms with E-state index in [0.29, 0.717) is 5.82 Å². The van der Waals surface area contributed by atoms with Crippen LogP contribution in [0, 0.1) is 11.6 Å². The molecule has 5 nitrogen and oxygen atoms in total. The predicted octanol–water partition coefficient (Wildman–Crippen LogP) is 2.37. The number of halogens is 3. The van der Waals surface area contributed by atoms with Gasteiger partial charge in [0.05, 0.1) is 10.5 Å². The topological polar surface area (TPSA) is 55.6 Å². The normalized spacial score (nSPS) is 12.7. The van der Waals surface area contributed by atoms with E-state index in [2.05, 4.69) is 36.8 Å². The molecule has 19 heavy (non-hydrogen) atoms. The van der Waals surface area contributed by atoms with Gasteiger partial charge in [0.2, 0.25) is 0 Å². The number of tetrazole rings is 1. The van der Waals surface area contributed by atoms with E-state index in [0.717, 1.165) is 12.6 Å². The SMILES string of the molecule is CCNC(C)c1nnnn1-c1cc(Br)c(F)cc1F. The van der Waals surface area contributed by atoms with E-state index in [1.54, 1.807) is 0 Å². The molecule has 2 aromatic rings. The third kappa shape index (κ3) is 2.79. The molecule has 0 aliphatic heterocycles. The molecular weight excluding hydrogens is 320 g/mol. The summed E-state index contributed by atoms with van der Waals surface area (Å²) in [6, 6.07) is 1.95. The minimum absolute atomic E-state index is 0.0954. The number of hydrogen-bond acceptors (Lipinski definition) is 4. The van der Waals surface area contributed by atoms with Gasteiger partial charge in [-0.05, 0) is 45.9 Å². The second-order valence-electron chi connectivity index (χ2n) is 3.95. The van der Waals surface area contributed by atoms with Gasteiger partial charge in [0, 0.05) is 6.07 Å². The first-order valence-electron chi connectivity index (χ1n) is 5.71. The highest BCUT2D eigenvalue weighted by molar-refractivity contribution is 9.10. The maximum Gasteiger partial charge on any atom is 0.173 e. The standard InChI is InChI=1S/C11H12BrF2N5/c1-3-15-6(2)11-16-17-18-19(11)10-4-7(12)8(13)5-9(10)14/h4-6,15H,3H2,1-2H3. The van der Waals surface area contributed by atoms with E-state index in [1.807, 2.05) is 13.8 Å². The van der Waals surface area contributed by atoms with Crippen molar-refractivity contribution in [2.45, 2.75) is 19.9 Å². The first-order valence-corrected chi connectivity index (χ1v) is 6.50. The van der Waals surface area contributed by atoms with Crippen molar-refractivity contribution in [2.75, 3.05) is 6.54 Å². The van der Waals surface area contributed by atoms with Crippen LogP contribution in [-0.2, 0) is 0 Å². The monoisotopic (exact) mass is 331 g/mol. The first-order chi connectivity index (χ1) is 9.04. The van der Waals surface area contributed by atoms with Crippen LogP contribution in [0.4, 0.5) is 8.78 Å². The van der Waals surface area contributed by atoms with Gasteiger partial charge in [-0.1, -0.05) is 6.92 Å². The second-order valence-corrected chi connectivity index (χ2v) is 4.80. The summed E-state index contributed by atoms with van der Waals surface area (Å²) in [7, 11) is 0. The Morgan fingerprint density at radius 3 is 2.79 bits per heavy atom. The lowest BCUT2D eigenvalue weighted by molar-refractivity contribution is 0.534. The van der Waals surface area contributed by atoms with Crippen LogP contribution in [0.2, 0.25) is 0 Å². The van der Waals surface area contributed by atoms with Crippen LogP contribution in [0.3, 0.4) is 0 Å². The van der Waals surface area contributed by atoms with Crippen molar-refractivity contribution in [3.05, 3.63) is 34.1 Å². The summed E-state index contributed by atoms with van der Waals surface area (Å²) in [4.78, 5) is 0. The summed E-state index contributed by atoms with van der Waals surface area (Å²) < 4.78 is 28.5. The smallest absolute Gasteiger partial charge is 0.173 e. The molecule has 1 atom stereocenters. The zero-order valence-corrected chi connectivity index (χ0v) is 11.9. The van der Waals surface area contributed by atoms with Crippen LogP contribution < -0.4 is 5.32 Å². The molecule has 102 valence electrons. The molecule has 0 spiro atoms. The zero-order valence-electron chi connectivity index (χ0n) is 10.4. The van der Waals surface area contributed by atoms with Gasteiger partial charge in [0.1, 0.15) is 11.5 Å². The summed E-state index contributed by atoms with van der Waals surface area (Å²) in [6.07, 6.45) is 0. The van der Waals surface area contributed by atoms with Crippen molar-refractivity contribution in [3.8, 4) is 5.69 Å². The van der Waals surface area contributed by atoms with Crippen LogP contribution in [0.1, 0.15) is 25.7 Å². The Bertz CT molecular complexity index is 586. The molecule has 8 heteroatoms. The summed E-state index contributed by atoms with van der Waals surface area (Å²) in [5.74, 6) is -0.937. The Morgan fingerprint density at radius 2 is 2.11 bits per heavy atom. The molecule has 0 saturated heterocycles. The van der Waals surface area contributed by atoms with E-state index in [1.165, 1.54) is 10.7 Å².